The van der Waals surface area contributed by atoms with Crippen LogP contribution in [0.4, 0.5) is 4.39 Å². The standard InChI is InChI=1S/C13H15BrFNO2/c14-10-1-2-12(15)9(7-10)8-13(18)16-5-3-11(17)4-6-16/h1-2,7,11,17H,3-6,8H2. The number of aliphatic hydroxyl groups excluding tert-OH is 1. The molecule has 98 valence electrons. The van der Waals surface area contributed by atoms with Crippen LogP contribution in [-0.4, -0.2) is 35.1 Å². The van der Waals surface area contributed by atoms with E-state index in [1.165, 1.54) is 6.07 Å². The van der Waals surface area contributed by atoms with E-state index in [1.54, 1.807) is 17.0 Å². The summed E-state index contributed by atoms with van der Waals surface area (Å²) in [5.41, 5.74) is 0.403. The highest BCUT2D eigenvalue weighted by Gasteiger charge is 2.22. The maximum absolute atomic E-state index is 13.5. The minimum Gasteiger partial charge on any atom is -0.393 e. The maximum atomic E-state index is 13.5. The largest absolute Gasteiger partial charge is 0.393 e. The normalized spacial score (nSPS) is 16.9. The van der Waals surface area contributed by atoms with Crippen LogP contribution in [0.15, 0.2) is 22.7 Å². The molecular formula is C13H15BrFNO2. The summed E-state index contributed by atoms with van der Waals surface area (Å²) in [5, 5.41) is 9.37. The van der Waals surface area contributed by atoms with Gasteiger partial charge in [0.1, 0.15) is 5.82 Å². The first-order valence-corrected chi connectivity index (χ1v) is 6.75. The second kappa shape index (κ2) is 5.80. The molecule has 5 heteroatoms. The van der Waals surface area contributed by atoms with Gasteiger partial charge in [-0.2, -0.15) is 0 Å². The zero-order valence-corrected chi connectivity index (χ0v) is 11.5. The van der Waals surface area contributed by atoms with E-state index in [0.717, 1.165) is 4.47 Å². The Balaban J connectivity index is 2.00. The third-order valence-corrected chi connectivity index (χ3v) is 3.66. The molecule has 0 bridgehead atoms. The molecule has 1 aliphatic rings. The fourth-order valence-corrected chi connectivity index (χ4v) is 2.48. The highest BCUT2D eigenvalue weighted by Crippen LogP contribution is 2.18. The van der Waals surface area contributed by atoms with Crippen molar-refractivity contribution in [3.05, 3.63) is 34.1 Å². The van der Waals surface area contributed by atoms with Crippen LogP contribution in [0.1, 0.15) is 18.4 Å². The smallest absolute Gasteiger partial charge is 0.227 e. The lowest BCUT2D eigenvalue weighted by atomic mass is 10.1. The van der Waals surface area contributed by atoms with E-state index < -0.39 is 0 Å². The van der Waals surface area contributed by atoms with E-state index in [1.807, 2.05) is 0 Å². The van der Waals surface area contributed by atoms with Crippen molar-refractivity contribution in [1.82, 2.24) is 4.90 Å². The molecule has 1 saturated heterocycles. The fraction of sp³-hybridized carbons (Fsp3) is 0.462. The number of hydrogen-bond acceptors (Lipinski definition) is 2. The summed E-state index contributed by atoms with van der Waals surface area (Å²) in [4.78, 5) is 13.7. The summed E-state index contributed by atoms with van der Waals surface area (Å²) in [6.45, 7) is 1.10. The summed E-state index contributed by atoms with van der Waals surface area (Å²) in [6.07, 6.45) is 0.970. The average Bonchev–Trinajstić information content (AvgIpc) is 2.34. The van der Waals surface area contributed by atoms with Gasteiger partial charge in [0.25, 0.3) is 0 Å². The van der Waals surface area contributed by atoms with E-state index in [4.69, 9.17) is 0 Å². The van der Waals surface area contributed by atoms with Crippen LogP contribution >= 0.6 is 15.9 Å². The van der Waals surface area contributed by atoms with E-state index in [0.29, 0.717) is 31.5 Å². The summed E-state index contributed by atoms with van der Waals surface area (Å²) in [5.74, 6) is -0.442. The van der Waals surface area contributed by atoms with Gasteiger partial charge in [-0.05, 0) is 36.6 Å². The first kappa shape index (κ1) is 13.5. The Morgan fingerprint density at radius 1 is 1.44 bits per heavy atom. The van der Waals surface area contributed by atoms with Crippen LogP contribution in [-0.2, 0) is 11.2 Å². The van der Waals surface area contributed by atoms with E-state index >= 15 is 0 Å². The highest BCUT2D eigenvalue weighted by molar-refractivity contribution is 9.10. The van der Waals surface area contributed by atoms with Crippen molar-refractivity contribution < 1.29 is 14.3 Å². The Labute approximate surface area is 114 Å². The first-order valence-electron chi connectivity index (χ1n) is 5.96. The molecule has 0 saturated carbocycles. The summed E-state index contributed by atoms with van der Waals surface area (Å²) in [7, 11) is 0. The molecule has 1 aliphatic heterocycles. The molecule has 3 nitrogen and oxygen atoms in total. The Kier molecular flexibility index (Phi) is 4.35. The molecule has 1 aromatic rings. The number of carbonyl (C=O) groups excluding carboxylic acids is 1. The third-order valence-electron chi connectivity index (χ3n) is 3.17. The van der Waals surface area contributed by atoms with E-state index in [2.05, 4.69) is 15.9 Å². The van der Waals surface area contributed by atoms with Crippen molar-refractivity contribution >= 4 is 21.8 Å². The highest BCUT2D eigenvalue weighted by atomic mass is 79.9. The Bertz CT molecular complexity index is 445. The van der Waals surface area contributed by atoms with Crippen LogP contribution in [0.25, 0.3) is 0 Å². The second-order valence-electron chi connectivity index (χ2n) is 4.52. The zero-order valence-electron chi connectivity index (χ0n) is 9.90. The van der Waals surface area contributed by atoms with Gasteiger partial charge in [0.2, 0.25) is 5.91 Å². The molecule has 0 atom stereocenters. The Hall–Kier alpha value is -0.940. The van der Waals surface area contributed by atoms with Gasteiger partial charge in [0.05, 0.1) is 12.5 Å². The number of hydrogen-bond donors (Lipinski definition) is 1. The zero-order chi connectivity index (χ0) is 13.1. The third kappa shape index (κ3) is 3.29. The van der Waals surface area contributed by atoms with Gasteiger partial charge in [-0.3, -0.25) is 4.79 Å². The molecular weight excluding hydrogens is 301 g/mol. The quantitative estimate of drug-likeness (QED) is 0.908. The molecule has 2 rings (SSSR count). The number of carbonyl (C=O) groups is 1. The minimum absolute atomic E-state index is 0.0708. The van der Waals surface area contributed by atoms with Crippen LogP contribution in [0.2, 0.25) is 0 Å². The predicted octanol–water partition coefficient (Wildman–Crippen LogP) is 2.11. The second-order valence-corrected chi connectivity index (χ2v) is 5.44. The topological polar surface area (TPSA) is 40.5 Å². The van der Waals surface area contributed by atoms with Gasteiger partial charge in [-0.25, -0.2) is 4.39 Å². The summed E-state index contributed by atoms with van der Waals surface area (Å²) >= 11 is 3.27. The molecule has 1 amide bonds. The van der Waals surface area contributed by atoms with Gasteiger partial charge in [-0.1, -0.05) is 15.9 Å². The van der Waals surface area contributed by atoms with Crippen LogP contribution in [0.5, 0.6) is 0 Å². The number of aliphatic hydroxyl groups is 1. The van der Waals surface area contributed by atoms with E-state index in [-0.39, 0.29) is 24.2 Å². The van der Waals surface area contributed by atoms with Crippen molar-refractivity contribution in [2.45, 2.75) is 25.4 Å². The molecule has 0 aliphatic carbocycles. The molecule has 0 radical (unpaired) electrons. The van der Waals surface area contributed by atoms with Crippen molar-refractivity contribution in [2.24, 2.45) is 0 Å². The van der Waals surface area contributed by atoms with Crippen LogP contribution < -0.4 is 0 Å². The molecule has 1 aromatic carbocycles. The van der Waals surface area contributed by atoms with Crippen molar-refractivity contribution in [3.63, 3.8) is 0 Å². The number of benzene rings is 1. The predicted molar refractivity (Wildman–Crippen MR) is 69.6 cm³/mol. The van der Waals surface area contributed by atoms with Crippen molar-refractivity contribution in [1.29, 1.82) is 0 Å². The number of nitrogens with zero attached hydrogens (tertiary/aromatic N) is 1. The molecule has 0 unspecified atom stereocenters. The van der Waals surface area contributed by atoms with Gasteiger partial charge < -0.3 is 10.0 Å². The molecule has 0 spiro atoms. The summed E-state index contributed by atoms with van der Waals surface area (Å²) < 4.78 is 14.3. The molecule has 0 aromatic heterocycles. The molecule has 18 heavy (non-hydrogen) atoms. The van der Waals surface area contributed by atoms with Crippen molar-refractivity contribution in [2.75, 3.05) is 13.1 Å². The lowest BCUT2D eigenvalue weighted by molar-refractivity contribution is -0.132. The van der Waals surface area contributed by atoms with Gasteiger partial charge in [0, 0.05) is 17.6 Å². The van der Waals surface area contributed by atoms with Crippen LogP contribution in [0.3, 0.4) is 0 Å². The molecule has 1 N–H and O–H groups in total. The lowest BCUT2D eigenvalue weighted by Crippen LogP contribution is -2.40. The SMILES string of the molecule is O=C(Cc1cc(Br)ccc1F)N1CCC(O)CC1. The van der Waals surface area contributed by atoms with Gasteiger partial charge >= 0.3 is 0 Å². The van der Waals surface area contributed by atoms with E-state index in [9.17, 15) is 14.3 Å². The fourth-order valence-electron chi connectivity index (χ4n) is 2.07. The maximum Gasteiger partial charge on any atom is 0.227 e. The lowest BCUT2D eigenvalue weighted by Gasteiger charge is -2.29. The Morgan fingerprint density at radius 3 is 2.78 bits per heavy atom. The number of likely N-dealkylation sites (tertiary alicyclic amines) is 1. The number of halogens is 2. The van der Waals surface area contributed by atoms with Crippen molar-refractivity contribution in [3.8, 4) is 0 Å². The van der Waals surface area contributed by atoms with Crippen LogP contribution in [0, 0.1) is 5.82 Å². The van der Waals surface area contributed by atoms with Gasteiger partial charge in [0.15, 0.2) is 0 Å². The molecule has 1 fully saturated rings. The van der Waals surface area contributed by atoms with Gasteiger partial charge in [-0.15, -0.1) is 0 Å². The number of amides is 1. The Morgan fingerprint density at radius 2 is 2.11 bits per heavy atom. The number of rotatable bonds is 2. The average molecular weight is 316 g/mol. The molecule has 1 heterocycles. The number of piperidine rings is 1. The first-order chi connectivity index (χ1) is 8.56. The summed E-state index contributed by atoms with van der Waals surface area (Å²) in [6, 6.07) is 4.60. The minimum atomic E-state index is -0.358. The monoisotopic (exact) mass is 315 g/mol.